The van der Waals surface area contributed by atoms with Crippen molar-refractivity contribution in [1.82, 2.24) is 4.90 Å². The molecule has 2 aromatic heterocycles. The molecule has 0 bridgehead atoms. The Kier molecular flexibility index (Phi) is 4.93. The summed E-state index contributed by atoms with van der Waals surface area (Å²) in [6.45, 7) is 1.23. The quantitative estimate of drug-likeness (QED) is 0.664. The molecule has 3 aromatic rings. The third kappa shape index (κ3) is 3.75. The number of carbonyl (C=O) groups excluding carboxylic acids is 1. The van der Waals surface area contributed by atoms with Crippen LogP contribution < -0.4 is 9.47 Å². The monoisotopic (exact) mass is 369 g/mol. The van der Waals surface area contributed by atoms with Gasteiger partial charge in [-0.2, -0.15) is 0 Å². The maximum absolute atomic E-state index is 13.1. The van der Waals surface area contributed by atoms with Gasteiger partial charge in [0.2, 0.25) is 6.10 Å². The number of hydrogen-bond donors (Lipinski definition) is 0. The fraction of sp³-hybridized carbons (Fsp3) is 0.250. The first-order valence-electron chi connectivity index (χ1n) is 8.51. The smallest absolute Gasteiger partial charge is 0.267 e. The third-order valence-electron chi connectivity index (χ3n) is 4.23. The van der Waals surface area contributed by atoms with Crippen LogP contribution in [-0.2, 0) is 17.8 Å². The lowest BCUT2D eigenvalue weighted by Crippen LogP contribution is -2.46. The lowest BCUT2D eigenvalue weighted by Gasteiger charge is -2.30. The molecule has 0 N–H and O–H groups in total. The number of para-hydroxylation sites is 2. The highest BCUT2D eigenvalue weighted by Gasteiger charge is 2.31. The zero-order valence-corrected chi connectivity index (χ0v) is 15.0. The first-order chi connectivity index (χ1) is 12.8. The number of hydrogen-bond acceptors (Lipinski definition) is 5. The van der Waals surface area contributed by atoms with Crippen LogP contribution in [0.3, 0.4) is 0 Å². The molecule has 0 saturated carbocycles. The van der Waals surface area contributed by atoms with Crippen molar-refractivity contribution in [2.24, 2.45) is 0 Å². The molecule has 0 saturated heterocycles. The van der Waals surface area contributed by atoms with Gasteiger partial charge in [-0.15, -0.1) is 11.3 Å². The van der Waals surface area contributed by atoms with E-state index in [9.17, 15) is 4.79 Å². The molecule has 0 unspecified atom stereocenters. The van der Waals surface area contributed by atoms with E-state index in [-0.39, 0.29) is 12.5 Å². The summed E-state index contributed by atoms with van der Waals surface area (Å²) in [6.07, 6.45) is 1.77. The van der Waals surface area contributed by atoms with Gasteiger partial charge in [-0.05, 0) is 42.1 Å². The second-order valence-corrected chi connectivity index (χ2v) is 7.06. The number of carbonyl (C=O) groups is 1. The minimum Gasteiger partial charge on any atom is -0.485 e. The van der Waals surface area contributed by atoms with Crippen molar-refractivity contribution in [3.05, 3.63) is 70.8 Å². The molecule has 0 aliphatic carbocycles. The van der Waals surface area contributed by atoms with Crippen LogP contribution >= 0.6 is 11.3 Å². The number of furan rings is 1. The Morgan fingerprint density at radius 2 is 2.00 bits per heavy atom. The average molecular weight is 369 g/mol. The Labute approximate surface area is 155 Å². The van der Waals surface area contributed by atoms with Crippen LogP contribution in [0.5, 0.6) is 11.5 Å². The summed E-state index contributed by atoms with van der Waals surface area (Å²) in [7, 11) is 0. The van der Waals surface area contributed by atoms with E-state index in [0.29, 0.717) is 24.6 Å². The minimum absolute atomic E-state index is 0.0903. The van der Waals surface area contributed by atoms with Crippen LogP contribution in [0.2, 0.25) is 0 Å². The first kappa shape index (κ1) is 16.7. The van der Waals surface area contributed by atoms with E-state index >= 15 is 0 Å². The molecule has 5 nitrogen and oxygen atoms in total. The Morgan fingerprint density at radius 1 is 1.12 bits per heavy atom. The van der Waals surface area contributed by atoms with Crippen LogP contribution in [0.4, 0.5) is 0 Å². The molecule has 4 rings (SSSR count). The number of benzene rings is 1. The van der Waals surface area contributed by atoms with Gasteiger partial charge in [-0.1, -0.05) is 18.2 Å². The normalized spacial score (nSPS) is 15.6. The zero-order valence-electron chi connectivity index (χ0n) is 14.2. The van der Waals surface area contributed by atoms with E-state index in [4.69, 9.17) is 13.9 Å². The summed E-state index contributed by atoms with van der Waals surface area (Å²) >= 11 is 1.69. The average Bonchev–Trinajstić information content (AvgIpc) is 3.38. The first-order valence-corrected chi connectivity index (χ1v) is 9.39. The van der Waals surface area contributed by atoms with Crippen molar-refractivity contribution >= 4 is 17.2 Å². The van der Waals surface area contributed by atoms with Gasteiger partial charge >= 0.3 is 0 Å². The summed E-state index contributed by atoms with van der Waals surface area (Å²) in [4.78, 5) is 16.1. The topological polar surface area (TPSA) is 51.9 Å². The Hall–Kier alpha value is -2.73. The lowest BCUT2D eigenvalue weighted by atomic mass is 10.2. The Bertz CT molecular complexity index is 845. The minimum atomic E-state index is -0.650. The van der Waals surface area contributed by atoms with Gasteiger partial charge in [0, 0.05) is 11.4 Å². The number of ether oxygens (including phenoxy) is 2. The molecule has 3 heterocycles. The lowest BCUT2D eigenvalue weighted by molar-refractivity contribution is -0.142. The van der Waals surface area contributed by atoms with Gasteiger partial charge < -0.3 is 18.8 Å². The van der Waals surface area contributed by atoms with Crippen molar-refractivity contribution in [1.29, 1.82) is 0 Å². The number of amides is 1. The van der Waals surface area contributed by atoms with E-state index in [1.807, 2.05) is 47.8 Å². The Balaban J connectivity index is 1.48. The predicted molar refractivity (Wildman–Crippen MR) is 98.5 cm³/mol. The third-order valence-corrected chi connectivity index (χ3v) is 5.17. The molecule has 1 atom stereocenters. The standard InChI is InChI=1S/C20H19NO4S/c22-20(19-14-24-17-7-1-2-8-18(17)25-19)21(13-15-5-3-11-23-15)10-9-16-6-4-12-26-16/h1-8,11-12,19H,9-10,13-14H2/t19-/m1/s1. The summed E-state index contributed by atoms with van der Waals surface area (Å²) in [5.41, 5.74) is 0. The van der Waals surface area contributed by atoms with Crippen LogP contribution in [0.25, 0.3) is 0 Å². The zero-order chi connectivity index (χ0) is 17.8. The molecule has 0 radical (unpaired) electrons. The maximum atomic E-state index is 13.1. The summed E-state index contributed by atoms with van der Waals surface area (Å²) in [5, 5.41) is 2.04. The largest absolute Gasteiger partial charge is 0.485 e. The van der Waals surface area contributed by atoms with E-state index in [0.717, 1.165) is 12.2 Å². The van der Waals surface area contributed by atoms with Crippen LogP contribution in [0.1, 0.15) is 10.6 Å². The van der Waals surface area contributed by atoms with Crippen LogP contribution in [-0.4, -0.2) is 30.1 Å². The molecule has 6 heteroatoms. The maximum Gasteiger partial charge on any atom is 0.267 e. The molecular formula is C20H19NO4S. The number of nitrogens with zero attached hydrogens (tertiary/aromatic N) is 1. The molecule has 0 fully saturated rings. The SMILES string of the molecule is O=C([C@H]1COc2ccccc2O1)N(CCc1cccs1)Cc1ccco1. The second kappa shape index (κ2) is 7.66. The molecule has 1 aliphatic rings. The summed E-state index contributed by atoms with van der Waals surface area (Å²) in [5.74, 6) is 1.94. The highest BCUT2D eigenvalue weighted by molar-refractivity contribution is 7.09. The van der Waals surface area contributed by atoms with Gasteiger partial charge in [0.15, 0.2) is 11.5 Å². The fourth-order valence-corrected chi connectivity index (χ4v) is 3.60. The number of fused-ring (bicyclic) bond motifs is 1. The van der Waals surface area contributed by atoms with Gasteiger partial charge in [-0.25, -0.2) is 0 Å². The van der Waals surface area contributed by atoms with Crippen LogP contribution in [0, 0.1) is 0 Å². The summed E-state index contributed by atoms with van der Waals surface area (Å²) < 4.78 is 17.0. The van der Waals surface area contributed by atoms with E-state index in [1.54, 1.807) is 22.5 Å². The molecule has 1 amide bonds. The van der Waals surface area contributed by atoms with Crippen molar-refractivity contribution in [3.8, 4) is 11.5 Å². The highest BCUT2D eigenvalue weighted by Crippen LogP contribution is 2.31. The van der Waals surface area contributed by atoms with Crippen molar-refractivity contribution in [2.45, 2.75) is 19.1 Å². The molecule has 134 valence electrons. The van der Waals surface area contributed by atoms with E-state index in [1.165, 1.54) is 4.88 Å². The molecular weight excluding hydrogens is 350 g/mol. The van der Waals surface area contributed by atoms with Crippen LogP contribution in [0.15, 0.2) is 64.6 Å². The van der Waals surface area contributed by atoms with Crippen molar-refractivity contribution < 1.29 is 18.7 Å². The second-order valence-electron chi connectivity index (χ2n) is 6.03. The van der Waals surface area contributed by atoms with E-state index in [2.05, 4.69) is 6.07 Å². The Morgan fingerprint density at radius 3 is 2.77 bits per heavy atom. The molecule has 26 heavy (non-hydrogen) atoms. The van der Waals surface area contributed by atoms with Crippen molar-refractivity contribution in [3.63, 3.8) is 0 Å². The van der Waals surface area contributed by atoms with Crippen molar-refractivity contribution in [2.75, 3.05) is 13.2 Å². The predicted octanol–water partition coefficient (Wildman–Crippen LogP) is 3.75. The molecule has 1 aromatic carbocycles. The van der Waals surface area contributed by atoms with Gasteiger partial charge in [0.1, 0.15) is 12.4 Å². The van der Waals surface area contributed by atoms with Gasteiger partial charge in [0.05, 0.1) is 12.8 Å². The molecule has 0 spiro atoms. The summed E-state index contributed by atoms with van der Waals surface area (Å²) in [6, 6.07) is 15.2. The van der Waals surface area contributed by atoms with Gasteiger partial charge in [-0.3, -0.25) is 4.79 Å². The fourth-order valence-electron chi connectivity index (χ4n) is 2.90. The number of rotatable bonds is 6. The van der Waals surface area contributed by atoms with Gasteiger partial charge in [0.25, 0.3) is 5.91 Å². The van der Waals surface area contributed by atoms with E-state index < -0.39 is 6.10 Å². The highest BCUT2D eigenvalue weighted by atomic mass is 32.1. The molecule has 1 aliphatic heterocycles. The number of thiophene rings is 1.